The number of hydrogen-bond donors (Lipinski definition) is 0. The number of nitrogens with zero attached hydrogens (tertiary/aromatic N) is 3. The van der Waals surface area contributed by atoms with Crippen molar-refractivity contribution in [2.45, 2.75) is 51.9 Å². The van der Waals surface area contributed by atoms with Crippen molar-refractivity contribution in [3.8, 4) is 17.6 Å². The van der Waals surface area contributed by atoms with Crippen molar-refractivity contribution in [3.05, 3.63) is 83.9 Å². The number of aromatic nitrogens is 2. The molecule has 1 saturated carbocycles. The van der Waals surface area contributed by atoms with Crippen molar-refractivity contribution in [1.82, 2.24) is 9.97 Å². The molecule has 0 N–H and O–H groups in total. The molecule has 0 unspecified atom stereocenters. The number of nitriles is 1. The van der Waals surface area contributed by atoms with Crippen LogP contribution in [-0.2, 0) is 5.41 Å². The van der Waals surface area contributed by atoms with Crippen molar-refractivity contribution >= 4 is 0 Å². The van der Waals surface area contributed by atoms with Gasteiger partial charge >= 0.3 is 0 Å². The summed E-state index contributed by atoms with van der Waals surface area (Å²) < 4.78 is 5.99. The molecule has 3 atom stereocenters. The van der Waals surface area contributed by atoms with Gasteiger partial charge in [0.15, 0.2) is 0 Å². The minimum atomic E-state index is -0.221. The summed E-state index contributed by atoms with van der Waals surface area (Å²) in [5.74, 6) is 2.61. The van der Waals surface area contributed by atoms with Crippen LogP contribution in [0.15, 0.2) is 67.0 Å². The van der Waals surface area contributed by atoms with Crippen molar-refractivity contribution in [3.63, 3.8) is 0 Å². The summed E-state index contributed by atoms with van der Waals surface area (Å²) in [6.07, 6.45) is 3.90. The molecular weight excluding hydrogens is 382 g/mol. The number of rotatable bonds is 5. The Labute approximate surface area is 184 Å². The molecule has 158 valence electrons. The van der Waals surface area contributed by atoms with E-state index in [2.05, 4.69) is 50.7 Å². The zero-order valence-corrected chi connectivity index (χ0v) is 18.8. The Morgan fingerprint density at radius 2 is 1.61 bits per heavy atom. The molecule has 4 nitrogen and oxygen atoms in total. The molecule has 4 heteroatoms. The number of benzene rings is 2. The van der Waals surface area contributed by atoms with Gasteiger partial charge in [0.05, 0.1) is 12.0 Å². The van der Waals surface area contributed by atoms with E-state index in [1.54, 1.807) is 0 Å². The maximum atomic E-state index is 10.1. The van der Waals surface area contributed by atoms with Gasteiger partial charge in [-0.2, -0.15) is 5.26 Å². The van der Waals surface area contributed by atoms with Crippen LogP contribution < -0.4 is 4.74 Å². The maximum absolute atomic E-state index is 10.1. The Bertz CT molecular complexity index is 1090. The smallest absolute Gasteiger partial charge is 0.133 e. The zero-order valence-electron chi connectivity index (χ0n) is 18.8. The van der Waals surface area contributed by atoms with Crippen molar-refractivity contribution in [2.75, 3.05) is 0 Å². The first-order valence-electron chi connectivity index (χ1n) is 10.8. The molecule has 0 spiro atoms. The van der Waals surface area contributed by atoms with E-state index in [1.807, 2.05) is 67.0 Å². The van der Waals surface area contributed by atoms with Gasteiger partial charge in [0.1, 0.15) is 17.3 Å². The van der Waals surface area contributed by atoms with Gasteiger partial charge in [-0.05, 0) is 52.6 Å². The van der Waals surface area contributed by atoms with E-state index in [0.29, 0.717) is 0 Å². The van der Waals surface area contributed by atoms with Gasteiger partial charge in [0.25, 0.3) is 0 Å². The van der Waals surface area contributed by atoms with Crippen molar-refractivity contribution in [2.24, 2.45) is 11.3 Å². The van der Waals surface area contributed by atoms with Crippen LogP contribution in [0.1, 0.15) is 63.4 Å². The van der Waals surface area contributed by atoms with E-state index in [0.717, 1.165) is 28.5 Å². The third-order valence-corrected chi connectivity index (χ3v) is 6.31. The van der Waals surface area contributed by atoms with Gasteiger partial charge < -0.3 is 4.74 Å². The van der Waals surface area contributed by atoms with E-state index in [-0.39, 0.29) is 28.6 Å². The van der Waals surface area contributed by atoms with Crippen LogP contribution in [0, 0.1) is 22.7 Å². The van der Waals surface area contributed by atoms with Crippen LogP contribution in [0.4, 0.5) is 0 Å². The summed E-state index contributed by atoms with van der Waals surface area (Å²) in [7, 11) is 0. The van der Waals surface area contributed by atoms with Gasteiger partial charge in [-0.3, -0.25) is 0 Å². The monoisotopic (exact) mass is 411 g/mol. The van der Waals surface area contributed by atoms with E-state index < -0.39 is 0 Å². The van der Waals surface area contributed by atoms with Gasteiger partial charge in [-0.25, -0.2) is 9.97 Å². The SMILES string of the molecule is CC(C)(C)c1ncc([C@H]2[C@H]([C@H](C#N)c3cccc(Oc4ccccc4)c3)C2(C)C)cn1. The van der Waals surface area contributed by atoms with Gasteiger partial charge in [0.2, 0.25) is 0 Å². The first-order chi connectivity index (χ1) is 14.7. The number of para-hydroxylation sites is 1. The second-order valence-electron chi connectivity index (χ2n) is 10.0. The lowest BCUT2D eigenvalue weighted by Gasteiger charge is -2.16. The number of hydrogen-bond acceptors (Lipinski definition) is 4. The Hall–Kier alpha value is -3.19. The molecule has 1 heterocycles. The van der Waals surface area contributed by atoms with Gasteiger partial charge in [-0.1, -0.05) is 65.0 Å². The van der Waals surface area contributed by atoms with E-state index >= 15 is 0 Å². The standard InChI is InChI=1S/C27H29N3O/c1-26(2,3)25-29-16-19(17-30-25)23-24(27(23,4)5)22(15-28)18-10-9-13-21(14-18)31-20-11-7-6-8-12-20/h6-14,16-17,22-24H,1-5H3/t22-,23+,24+/m1/s1. The van der Waals surface area contributed by atoms with Crippen LogP contribution >= 0.6 is 0 Å². The van der Waals surface area contributed by atoms with Gasteiger partial charge in [-0.15, -0.1) is 0 Å². The molecule has 0 aliphatic heterocycles. The average Bonchev–Trinajstić information content (AvgIpc) is 3.30. The minimum absolute atomic E-state index is 0.00327. The fourth-order valence-electron chi connectivity index (χ4n) is 4.58. The molecule has 0 amide bonds. The molecule has 31 heavy (non-hydrogen) atoms. The van der Waals surface area contributed by atoms with Crippen LogP contribution in [0.5, 0.6) is 11.5 Å². The van der Waals surface area contributed by atoms with Gasteiger partial charge in [0, 0.05) is 17.8 Å². The molecular formula is C27H29N3O. The normalized spacial score (nSPS) is 20.5. The second kappa shape index (κ2) is 7.81. The van der Waals surface area contributed by atoms with Crippen molar-refractivity contribution < 1.29 is 4.74 Å². The summed E-state index contributed by atoms with van der Waals surface area (Å²) in [5.41, 5.74) is 2.03. The third-order valence-electron chi connectivity index (χ3n) is 6.31. The van der Waals surface area contributed by atoms with E-state index in [1.165, 1.54) is 0 Å². The lowest BCUT2D eigenvalue weighted by atomic mass is 9.91. The van der Waals surface area contributed by atoms with Crippen LogP contribution in [0.3, 0.4) is 0 Å². The maximum Gasteiger partial charge on any atom is 0.133 e. The van der Waals surface area contributed by atoms with Crippen molar-refractivity contribution in [1.29, 1.82) is 5.26 Å². The highest BCUT2D eigenvalue weighted by atomic mass is 16.5. The first kappa shape index (κ1) is 21.1. The zero-order chi connectivity index (χ0) is 22.2. The first-order valence-corrected chi connectivity index (χ1v) is 10.8. The Kier molecular flexibility index (Phi) is 5.31. The van der Waals surface area contributed by atoms with Crippen LogP contribution in [-0.4, -0.2) is 9.97 Å². The summed E-state index contributed by atoms with van der Waals surface area (Å²) in [6, 6.07) is 20.2. The third kappa shape index (κ3) is 4.18. The highest BCUT2D eigenvalue weighted by Gasteiger charge is 2.62. The molecule has 1 aliphatic rings. The highest BCUT2D eigenvalue weighted by molar-refractivity contribution is 5.42. The number of ether oxygens (including phenoxy) is 1. The lowest BCUT2D eigenvalue weighted by Crippen LogP contribution is -2.15. The minimum Gasteiger partial charge on any atom is -0.457 e. The summed E-state index contributed by atoms with van der Waals surface area (Å²) in [5, 5.41) is 10.1. The molecule has 1 fully saturated rings. The van der Waals surface area contributed by atoms with E-state index in [4.69, 9.17) is 4.74 Å². The predicted octanol–water partition coefficient (Wildman–Crippen LogP) is 6.61. The molecule has 0 radical (unpaired) electrons. The average molecular weight is 412 g/mol. The summed E-state index contributed by atoms with van der Waals surface area (Å²) >= 11 is 0. The molecule has 1 aromatic heterocycles. The largest absolute Gasteiger partial charge is 0.457 e. The van der Waals surface area contributed by atoms with Crippen LogP contribution in [0.2, 0.25) is 0 Å². The lowest BCUT2D eigenvalue weighted by molar-refractivity contribution is 0.479. The summed E-state index contributed by atoms with van der Waals surface area (Å²) in [4.78, 5) is 9.23. The molecule has 2 aromatic carbocycles. The predicted molar refractivity (Wildman–Crippen MR) is 122 cm³/mol. The Balaban J connectivity index is 1.58. The highest BCUT2D eigenvalue weighted by Crippen LogP contribution is 2.69. The fourth-order valence-corrected chi connectivity index (χ4v) is 4.58. The quantitative estimate of drug-likeness (QED) is 0.474. The van der Waals surface area contributed by atoms with E-state index in [9.17, 15) is 5.26 Å². The molecule has 1 aliphatic carbocycles. The molecule has 0 saturated heterocycles. The molecule has 4 rings (SSSR count). The second-order valence-corrected chi connectivity index (χ2v) is 10.0. The fraction of sp³-hybridized carbons (Fsp3) is 0.370. The van der Waals surface area contributed by atoms with Crippen LogP contribution in [0.25, 0.3) is 0 Å². The molecule has 3 aromatic rings. The Morgan fingerprint density at radius 3 is 2.23 bits per heavy atom. The topological polar surface area (TPSA) is 58.8 Å². The Morgan fingerprint density at radius 1 is 0.968 bits per heavy atom. The molecule has 0 bridgehead atoms. The summed E-state index contributed by atoms with van der Waals surface area (Å²) in [6.45, 7) is 10.8.